The van der Waals surface area contributed by atoms with Crippen molar-refractivity contribution >= 4 is 21.9 Å². The predicted molar refractivity (Wildman–Crippen MR) is 116 cm³/mol. The van der Waals surface area contributed by atoms with Crippen molar-refractivity contribution in [3.8, 4) is 11.3 Å². The van der Waals surface area contributed by atoms with Crippen molar-refractivity contribution < 1.29 is 0 Å². The van der Waals surface area contributed by atoms with Crippen molar-refractivity contribution in [2.75, 3.05) is 6.54 Å². The van der Waals surface area contributed by atoms with Crippen molar-refractivity contribution in [3.63, 3.8) is 0 Å². The molecule has 0 saturated carbocycles. The highest BCUT2D eigenvalue weighted by molar-refractivity contribution is 5.97. The molecule has 0 spiro atoms. The molecule has 28 heavy (non-hydrogen) atoms. The number of aryl methyl sites for hydroxylation is 4. The molecular formula is C23H26N4O. The van der Waals surface area contributed by atoms with Gasteiger partial charge >= 0.3 is 0 Å². The Morgan fingerprint density at radius 2 is 1.96 bits per heavy atom. The van der Waals surface area contributed by atoms with E-state index < -0.39 is 0 Å². The van der Waals surface area contributed by atoms with Crippen molar-refractivity contribution in [2.45, 2.75) is 40.2 Å². The van der Waals surface area contributed by atoms with Crippen LogP contribution in [0, 0.1) is 13.8 Å². The molecule has 0 bridgehead atoms. The monoisotopic (exact) mass is 374 g/mol. The molecule has 3 N–H and O–H groups in total. The maximum Gasteiger partial charge on any atom is 0.275 e. The number of para-hydroxylation sites is 1. The number of nitrogens with zero attached hydrogens (tertiary/aromatic N) is 2. The summed E-state index contributed by atoms with van der Waals surface area (Å²) in [5, 5.41) is 1.07. The lowest BCUT2D eigenvalue weighted by Gasteiger charge is -2.07. The van der Waals surface area contributed by atoms with Gasteiger partial charge in [-0.25, -0.2) is 4.98 Å². The van der Waals surface area contributed by atoms with E-state index >= 15 is 0 Å². The molecule has 2 aromatic heterocycles. The molecule has 0 aliphatic carbocycles. The summed E-state index contributed by atoms with van der Waals surface area (Å²) in [6, 6.07) is 10.3. The second-order valence-corrected chi connectivity index (χ2v) is 7.41. The standard InChI is InChI=1S/C23H26N4O/c1-4-16-7-5-8-17-18(13-27(22(16)17)10-6-9-24)21-23(28)26-20-12-15(3)14(2)11-19(20)25-21/h5,7-8,11-13H,4,6,9-10,24H2,1-3H3,(H,26,28). The highest BCUT2D eigenvalue weighted by atomic mass is 16.1. The Morgan fingerprint density at radius 1 is 1.18 bits per heavy atom. The summed E-state index contributed by atoms with van der Waals surface area (Å²) < 4.78 is 2.22. The Morgan fingerprint density at radius 3 is 2.71 bits per heavy atom. The fourth-order valence-corrected chi connectivity index (χ4v) is 3.88. The second-order valence-electron chi connectivity index (χ2n) is 7.41. The lowest BCUT2D eigenvalue weighted by molar-refractivity contribution is 0.669. The van der Waals surface area contributed by atoms with Gasteiger partial charge < -0.3 is 15.3 Å². The molecule has 0 unspecified atom stereocenters. The van der Waals surface area contributed by atoms with Crippen LogP contribution in [0.15, 0.2) is 41.3 Å². The first-order valence-corrected chi connectivity index (χ1v) is 9.86. The van der Waals surface area contributed by atoms with E-state index in [1.807, 2.05) is 19.1 Å². The van der Waals surface area contributed by atoms with E-state index in [1.165, 1.54) is 11.1 Å². The van der Waals surface area contributed by atoms with E-state index in [2.05, 4.69) is 47.8 Å². The van der Waals surface area contributed by atoms with Crippen molar-refractivity contribution in [1.82, 2.24) is 14.5 Å². The van der Waals surface area contributed by atoms with Crippen LogP contribution in [0.2, 0.25) is 0 Å². The Kier molecular flexibility index (Phi) is 4.77. The molecule has 144 valence electrons. The molecule has 0 amide bonds. The van der Waals surface area contributed by atoms with Gasteiger partial charge in [-0.2, -0.15) is 0 Å². The molecule has 0 saturated heterocycles. The topological polar surface area (TPSA) is 76.7 Å². The van der Waals surface area contributed by atoms with Crippen molar-refractivity contribution in [2.24, 2.45) is 5.73 Å². The summed E-state index contributed by atoms with van der Waals surface area (Å²) in [6.07, 6.45) is 3.88. The number of hydrogen-bond acceptors (Lipinski definition) is 3. The van der Waals surface area contributed by atoms with E-state index in [9.17, 15) is 4.79 Å². The number of hydrogen-bond donors (Lipinski definition) is 2. The molecule has 0 aliphatic rings. The minimum Gasteiger partial charge on any atom is -0.347 e. The van der Waals surface area contributed by atoms with Crippen LogP contribution in [0.1, 0.15) is 30.0 Å². The van der Waals surface area contributed by atoms with Gasteiger partial charge in [0.15, 0.2) is 0 Å². The molecule has 4 aromatic rings. The van der Waals surface area contributed by atoms with Gasteiger partial charge in [-0.3, -0.25) is 4.79 Å². The van der Waals surface area contributed by atoms with E-state index in [4.69, 9.17) is 10.7 Å². The maximum atomic E-state index is 12.9. The van der Waals surface area contributed by atoms with Crippen LogP contribution in [-0.4, -0.2) is 21.1 Å². The van der Waals surface area contributed by atoms with Crippen LogP contribution in [0.4, 0.5) is 0 Å². The maximum absolute atomic E-state index is 12.9. The summed E-state index contributed by atoms with van der Waals surface area (Å²) in [5.41, 5.74) is 13.3. The molecule has 2 heterocycles. The highest BCUT2D eigenvalue weighted by Crippen LogP contribution is 2.31. The number of benzene rings is 2. The average molecular weight is 374 g/mol. The summed E-state index contributed by atoms with van der Waals surface area (Å²) in [7, 11) is 0. The predicted octanol–water partition coefficient (Wildman–Crippen LogP) is 4.07. The first-order chi connectivity index (χ1) is 13.5. The molecule has 0 radical (unpaired) electrons. The van der Waals surface area contributed by atoms with Gasteiger partial charge in [-0.15, -0.1) is 0 Å². The first-order valence-electron chi connectivity index (χ1n) is 9.86. The van der Waals surface area contributed by atoms with Gasteiger partial charge in [0.25, 0.3) is 5.56 Å². The zero-order valence-electron chi connectivity index (χ0n) is 16.7. The van der Waals surface area contributed by atoms with E-state index in [1.54, 1.807) is 0 Å². The number of aromatic amines is 1. The van der Waals surface area contributed by atoms with Crippen LogP contribution in [0.5, 0.6) is 0 Å². The fourth-order valence-electron chi connectivity index (χ4n) is 3.88. The molecule has 5 nitrogen and oxygen atoms in total. The number of H-pyrrole nitrogens is 1. The van der Waals surface area contributed by atoms with Gasteiger partial charge in [0.1, 0.15) is 5.69 Å². The molecule has 2 aromatic carbocycles. The third kappa shape index (κ3) is 3.02. The van der Waals surface area contributed by atoms with Gasteiger partial charge in [0.05, 0.1) is 16.6 Å². The zero-order chi connectivity index (χ0) is 19.8. The largest absolute Gasteiger partial charge is 0.347 e. The summed E-state index contributed by atoms with van der Waals surface area (Å²) in [6.45, 7) is 7.72. The number of nitrogens with one attached hydrogen (secondary N) is 1. The van der Waals surface area contributed by atoms with Gasteiger partial charge in [-0.05, 0) is 62.1 Å². The Hall–Kier alpha value is -2.92. The summed E-state index contributed by atoms with van der Waals surface area (Å²) in [5.74, 6) is 0. The lowest BCUT2D eigenvalue weighted by Crippen LogP contribution is -2.11. The third-order valence-corrected chi connectivity index (χ3v) is 5.53. The smallest absolute Gasteiger partial charge is 0.275 e. The summed E-state index contributed by atoms with van der Waals surface area (Å²) in [4.78, 5) is 20.7. The minimum atomic E-state index is -0.157. The number of nitrogens with two attached hydrogens (primary N) is 1. The molecule has 5 heteroatoms. The third-order valence-electron chi connectivity index (χ3n) is 5.53. The fraction of sp³-hybridized carbons (Fsp3) is 0.304. The van der Waals surface area contributed by atoms with Crippen LogP contribution < -0.4 is 11.3 Å². The highest BCUT2D eigenvalue weighted by Gasteiger charge is 2.17. The minimum absolute atomic E-state index is 0.157. The number of aromatic nitrogens is 3. The van der Waals surface area contributed by atoms with Crippen LogP contribution >= 0.6 is 0 Å². The van der Waals surface area contributed by atoms with Crippen molar-refractivity contribution in [1.29, 1.82) is 0 Å². The second kappa shape index (κ2) is 7.24. The quantitative estimate of drug-likeness (QED) is 0.553. The van der Waals surface area contributed by atoms with E-state index in [-0.39, 0.29) is 5.56 Å². The summed E-state index contributed by atoms with van der Waals surface area (Å²) >= 11 is 0. The van der Waals surface area contributed by atoms with Gasteiger partial charge in [0, 0.05) is 23.7 Å². The van der Waals surface area contributed by atoms with Crippen LogP contribution in [0.25, 0.3) is 33.2 Å². The molecule has 0 atom stereocenters. The Bertz CT molecular complexity index is 1230. The van der Waals surface area contributed by atoms with E-state index in [0.717, 1.165) is 52.5 Å². The molecule has 4 rings (SSSR count). The normalized spacial score (nSPS) is 11.6. The zero-order valence-corrected chi connectivity index (χ0v) is 16.7. The first kappa shape index (κ1) is 18.4. The lowest BCUT2D eigenvalue weighted by atomic mass is 10.0. The Balaban J connectivity index is 2.00. The van der Waals surface area contributed by atoms with Crippen LogP contribution in [-0.2, 0) is 13.0 Å². The molecule has 0 fully saturated rings. The molecular weight excluding hydrogens is 348 g/mol. The number of fused-ring (bicyclic) bond motifs is 2. The van der Waals surface area contributed by atoms with Gasteiger partial charge in [0.2, 0.25) is 0 Å². The van der Waals surface area contributed by atoms with Gasteiger partial charge in [-0.1, -0.05) is 25.1 Å². The van der Waals surface area contributed by atoms with Crippen molar-refractivity contribution in [3.05, 3.63) is 63.6 Å². The average Bonchev–Trinajstić information content (AvgIpc) is 3.06. The van der Waals surface area contributed by atoms with Crippen LogP contribution in [0.3, 0.4) is 0 Å². The molecule has 0 aliphatic heterocycles. The van der Waals surface area contributed by atoms with E-state index in [0.29, 0.717) is 12.2 Å². The number of rotatable bonds is 5. The Labute approximate surface area is 164 Å². The SMILES string of the molecule is CCc1cccc2c(-c3nc4cc(C)c(C)cc4[nH]c3=O)cn(CCCN)c12.